The number of rotatable bonds is 5. The fraction of sp³-hybridized carbons (Fsp3) is 0.400. The van der Waals surface area contributed by atoms with E-state index < -0.39 is 15.6 Å². The summed E-state index contributed by atoms with van der Waals surface area (Å²) in [5, 5.41) is 5.55. The lowest BCUT2D eigenvalue weighted by atomic mass is 10.0. The summed E-state index contributed by atoms with van der Waals surface area (Å²) in [4.78, 5) is 25.7. The molecule has 2 heterocycles. The molecular weight excluding hydrogens is 490 g/mol. The van der Waals surface area contributed by atoms with E-state index in [4.69, 9.17) is 0 Å². The average Bonchev–Trinajstić information content (AvgIpc) is 3.08. The maximum absolute atomic E-state index is 12.8. The summed E-state index contributed by atoms with van der Waals surface area (Å²) < 4.78 is 27.0. The van der Waals surface area contributed by atoms with Gasteiger partial charge < -0.3 is 10.6 Å². The van der Waals surface area contributed by atoms with Gasteiger partial charge in [-0.3, -0.25) is 13.9 Å². The molecule has 2 aromatic rings. The standard InChI is InChI=1S/C20H24BrN3O4S2/c1-13-12-14(6-7-15(13)24-10-4-5-11-30(24,27)28)22-19(26)20(2,3)23-18(25)16-8-9-17(21)29-16/h6-9,12H,4-5,10-11H2,1-3H3,(H,22,26)(H,23,25). The normalized spacial score (nSPS) is 16.2. The first-order valence-corrected chi connectivity index (χ1v) is 12.7. The zero-order valence-corrected chi connectivity index (χ0v) is 20.2. The summed E-state index contributed by atoms with van der Waals surface area (Å²) in [5.74, 6) is -0.545. The van der Waals surface area contributed by atoms with Gasteiger partial charge in [-0.2, -0.15) is 0 Å². The van der Waals surface area contributed by atoms with Gasteiger partial charge in [0, 0.05) is 12.2 Å². The van der Waals surface area contributed by atoms with E-state index in [9.17, 15) is 18.0 Å². The Morgan fingerprint density at radius 1 is 1.17 bits per heavy atom. The highest BCUT2D eigenvalue weighted by Crippen LogP contribution is 2.29. The first-order valence-electron chi connectivity index (χ1n) is 9.50. The number of sulfonamides is 1. The van der Waals surface area contributed by atoms with Gasteiger partial charge >= 0.3 is 0 Å². The molecule has 2 N–H and O–H groups in total. The molecule has 2 amide bonds. The number of thiophene rings is 1. The Morgan fingerprint density at radius 2 is 1.90 bits per heavy atom. The molecule has 1 fully saturated rings. The van der Waals surface area contributed by atoms with Crippen molar-refractivity contribution in [3.8, 4) is 0 Å². The summed E-state index contributed by atoms with van der Waals surface area (Å²) in [6, 6.07) is 8.60. The fourth-order valence-corrected chi connectivity index (χ4v) is 6.18. The molecule has 162 valence electrons. The molecule has 10 heteroatoms. The van der Waals surface area contributed by atoms with Crippen LogP contribution >= 0.6 is 27.3 Å². The molecule has 1 saturated heterocycles. The van der Waals surface area contributed by atoms with E-state index in [1.165, 1.54) is 15.6 Å². The van der Waals surface area contributed by atoms with Crippen LogP contribution in [-0.4, -0.2) is 38.1 Å². The monoisotopic (exact) mass is 513 g/mol. The molecule has 0 atom stereocenters. The van der Waals surface area contributed by atoms with Crippen LogP contribution in [0.5, 0.6) is 0 Å². The Morgan fingerprint density at radius 3 is 2.50 bits per heavy atom. The van der Waals surface area contributed by atoms with Gasteiger partial charge in [0.05, 0.1) is 20.1 Å². The molecule has 0 spiro atoms. The summed E-state index contributed by atoms with van der Waals surface area (Å²) in [6.45, 7) is 5.54. The largest absolute Gasteiger partial charge is 0.337 e. The van der Waals surface area contributed by atoms with Gasteiger partial charge in [0.2, 0.25) is 15.9 Å². The molecule has 0 saturated carbocycles. The van der Waals surface area contributed by atoms with Crippen molar-refractivity contribution in [1.82, 2.24) is 5.32 Å². The van der Waals surface area contributed by atoms with Crippen LogP contribution in [0.15, 0.2) is 34.1 Å². The van der Waals surface area contributed by atoms with Crippen LogP contribution < -0.4 is 14.9 Å². The van der Waals surface area contributed by atoms with Crippen LogP contribution in [0.2, 0.25) is 0 Å². The predicted molar refractivity (Wildman–Crippen MR) is 124 cm³/mol. The third kappa shape index (κ3) is 5.04. The van der Waals surface area contributed by atoms with Crippen LogP contribution in [0, 0.1) is 6.92 Å². The van der Waals surface area contributed by atoms with Gasteiger partial charge in [-0.1, -0.05) is 0 Å². The van der Waals surface area contributed by atoms with E-state index in [2.05, 4.69) is 26.6 Å². The van der Waals surface area contributed by atoms with Crippen LogP contribution in [0.4, 0.5) is 11.4 Å². The van der Waals surface area contributed by atoms with Crippen molar-refractivity contribution in [2.45, 2.75) is 39.2 Å². The van der Waals surface area contributed by atoms with Crippen LogP contribution in [-0.2, 0) is 14.8 Å². The van der Waals surface area contributed by atoms with Gasteiger partial charge in [0.1, 0.15) is 5.54 Å². The summed E-state index contributed by atoms with van der Waals surface area (Å²) in [6.07, 6.45) is 1.50. The van der Waals surface area contributed by atoms with Crippen molar-refractivity contribution >= 4 is 60.5 Å². The number of nitrogens with one attached hydrogen (secondary N) is 2. The predicted octanol–water partition coefficient (Wildman–Crippen LogP) is 3.90. The van der Waals surface area contributed by atoms with E-state index in [1.54, 1.807) is 44.2 Å². The zero-order chi connectivity index (χ0) is 22.1. The van der Waals surface area contributed by atoms with Crippen LogP contribution in [0.25, 0.3) is 0 Å². The van der Waals surface area contributed by atoms with Gasteiger partial charge in [0.25, 0.3) is 5.91 Å². The molecule has 1 aromatic heterocycles. The zero-order valence-electron chi connectivity index (χ0n) is 17.0. The summed E-state index contributed by atoms with van der Waals surface area (Å²) >= 11 is 4.61. The lowest BCUT2D eigenvalue weighted by Gasteiger charge is -2.30. The van der Waals surface area contributed by atoms with Crippen molar-refractivity contribution in [3.63, 3.8) is 0 Å². The summed E-state index contributed by atoms with van der Waals surface area (Å²) in [5.41, 5.74) is 0.778. The lowest BCUT2D eigenvalue weighted by Crippen LogP contribution is -2.52. The minimum Gasteiger partial charge on any atom is -0.337 e. The summed E-state index contributed by atoms with van der Waals surface area (Å²) in [7, 11) is -3.30. The van der Waals surface area contributed by atoms with E-state index in [0.717, 1.165) is 15.8 Å². The number of carbonyl (C=O) groups excluding carboxylic acids is 2. The Kier molecular flexibility index (Phi) is 6.59. The highest BCUT2D eigenvalue weighted by molar-refractivity contribution is 9.11. The average molecular weight is 514 g/mol. The van der Waals surface area contributed by atoms with E-state index >= 15 is 0 Å². The molecule has 1 aliphatic rings. The lowest BCUT2D eigenvalue weighted by molar-refractivity contribution is -0.120. The van der Waals surface area contributed by atoms with Gasteiger partial charge in [-0.05, 0) is 85.4 Å². The minimum absolute atomic E-state index is 0.152. The van der Waals surface area contributed by atoms with Gasteiger partial charge in [-0.15, -0.1) is 11.3 Å². The minimum atomic E-state index is -3.30. The van der Waals surface area contributed by atoms with Gasteiger partial charge in [0.15, 0.2) is 0 Å². The van der Waals surface area contributed by atoms with Crippen molar-refractivity contribution in [1.29, 1.82) is 0 Å². The Bertz CT molecular complexity index is 1080. The number of hydrogen-bond acceptors (Lipinski definition) is 5. The Balaban J connectivity index is 1.71. The number of carbonyl (C=O) groups is 2. The molecule has 0 radical (unpaired) electrons. The molecule has 1 aliphatic heterocycles. The third-order valence-corrected chi connectivity index (χ3v) is 8.34. The number of amides is 2. The fourth-order valence-electron chi connectivity index (χ4n) is 3.20. The molecule has 1 aromatic carbocycles. The smallest absolute Gasteiger partial charge is 0.262 e. The van der Waals surface area contributed by atoms with Crippen molar-refractivity contribution in [2.75, 3.05) is 21.9 Å². The van der Waals surface area contributed by atoms with Crippen molar-refractivity contribution in [2.24, 2.45) is 0 Å². The molecule has 0 aliphatic carbocycles. The molecular formula is C20H24BrN3O4S2. The molecule has 7 nitrogen and oxygen atoms in total. The molecule has 30 heavy (non-hydrogen) atoms. The van der Waals surface area contributed by atoms with E-state index in [1.807, 2.05) is 6.92 Å². The Hall–Kier alpha value is -1.91. The van der Waals surface area contributed by atoms with Gasteiger partial charge in [-0.25, -0.2) is 8.42 Å². The van der Waals surface area contributed by atoms with E-state index in [-0.39, 0.29) is 17.6 Å². The first-order chi connectivity index (χ1) is 14.0. The highest BCUT2D eigenvalue weighted by atomic mass is 79.9. The van der Waals surface area contributed by atoms with Crippen molar-refractivity contribution < 1.29 is 18.0 Å². The van der Waals surface area contributed by atoms with Crippen LogP contribution in [0.1, 0.15) is 41.9 Å². The van der Waals surface area contributed by atoms with Crippen LogP contribution in [0.3, 0.4) is 0 Å². The van der Waals surface area contributed by atoms with Crippen molar-refractivity contribution in [3.05, 3.63) is 44.6 Å². The number of nitrogens with zero attached hydrogens (tertiary/aromatic N) is 1. The molecule has 3 rings (SSSR count). The maximum Gasteiger partial charge on any atom is 0.262 e. The second-order valence-electron chi connectivity index (χ2n) is 7.73. The number of halogens is 1. The second kappa shape index (κ2) is 8.68. The number of aryl methyl sites for hydroxylation is 1. The first kappa shape index (κ1) is 22.8. The second-order valence-corrected chi connectivity index (χ2v) is 12.2. The third-order valence-electron chi connectivity index (χ3n) is 4.86. The number of hydrogen-bond donors (Lipinski definition) is 2. The topological polar surface area (TPSA) is 95.6 Å². The number of benzene rings is 1. The highest BCUT2D eigenvalue weighted by Gasteiger charge is 2.31. The SMILES string of the molecule is Cc1cc(NC(=O)C(C)(C)NC(=O)c2ccc(Br)s2)ccc1N1CCCCS1(=O)=O. The molecule has 0 bridgehead atoms. The maximum atomic E-state index is 12.8. The quantitative estimate of drug-likeness (QED) is 0.633. The van der Waals surface area contributed by atoms with E-state index in [0.29, 0.717) is 29.2 Å². The molecule has 0 unspecified atom stereocenters. The number of anilines is 2. The Labute approximate surface area is 189 Å².